The summed E-state index contributed by atoms with van der Waals surface area (Å²) in [6.07, 6.45) is 4.13. The van der Waals surface area contributed by atoms with Gasteiger partial charge in [0.2, 0.25) is 10.0 Å². The van der Waals surface area contributed by atoms with Crippen molar-refractivity contribution in [2.24, 2.45) is 0 Å². The summed E-state index contributed by atoms with van der Waals surface area (Å²) in [6.45, 7) is 4.40. The van der Waals surface area contributed by atoms with Crippen molar-refractivity contribution in [2.75, 3.05) is 32.0 Å². The molecule has 1 saturated carbocycles. The zero-order chi connectivity index (χ0) is 13.0. The fraction of sp³-hybridized carbons (Fsp3) is 1.00. The summed E-state index contributed by atoms with van der Waals surface area (Å²) in [4.78, 5) is 0. The van der Waals surface area contributed by atoms with Crippen molar-refractivity contribution in [1.82, 2.24) is 9.62 Å². The van der Waals surface area contributed by atoms with Crippen molar-refractivity contribution in [3.63, 3.8) is 0 Å². The third-order valence-corrected chi connectivity index (χ3v) is 5.46. The summed E-state index contributed by atoms with van der Waals surface area (Å²) in [6, 6.07) is 0.653. The van der Waals surface area contributed by atoms with Crippen molar-refractivity contribution in [3.8, 4) is 0 Å². The Morgan fingerprint density at radius 3 is 2.83 bits per heavy atom. The van der Waals surface area contributed by atoms with E-state index in [9.17, 15) is 8.42 Å². The monoisotopic (exact) mass is 276 g/mol. The lowest BCUT2D eigenvalue weighted by Crippen LogP contribution is -2.46. The second-order valence-corrected chi connectivity index (χ2v) is 7.25. The van der Waals surface area contributed by atoms with E-state index < -0.39 is 10.0 Å². The Morgan fingerprint density at radius 2 is 2.17 bits per heavy atom. The van der Waals surface area contributed by atoms with Gasteiger partial charge in [-0.25, -0.2) is 8.42 Å². The molecule has 1 aliphatic heterocycles. The highest BCUT2D eigenvalue weighted by Gasteiger charge is 2.28. The van der Waals surface area contributed by atoms with Crippen LogP contribution in [0.25, 0.3) is 0 Å². The lowest BCUT2D eigenvalue weighted by Gasteiger charge is -2.31. The van der Waals surface area contributed by atoms with Crippen LogP contribution in [-0.2, 0) is 14.8 Å². The fourth-order valence-corrected chi connectivity index (χ4v) is 3.68. The van der Waals surface area contributed by atoms with Crippen LogP contribution in [0.15, 0.2) is 0 Å². The van der Waals surface area contributed by atoms with E-state index >= 15 is 0 Å². The predicted octanol–water partition coefficient (Wildman–Crippen LogP) is 0.569. The molecule has 1 heterocycles. The van der Waals surface area contributed by atoms with Gasteiger partial charge in [0.25, 0.3) is 0 Å². The summed E-state index contributed by atoms with van der Waals surface area (Å²) >= 11 is 0. The van der Waals surface area contributed by atoms with Crippen LogP contribution in [0, 0.1) is 0 Å². The Bertz CT molecular complexity index is 354. The molecule has 1 aliphatic carbocycles. The number of nitrogens with zero attached hydrogens (tertiary/aromatic N) is 1. The molecule has 2 aliphatic rings. The van der Waals surface area contributed by atoms with E-state index in [4.69, 9.17) is 4.74 Å². The summed E-state index contributed by atoms with van der Waals surface area (Å²) < 4.78 is 31.4. The average molecular weight is 276 g/mol. The predicted molar refractivity (Wildman–Crippen MR) is 71.0 cm³/mol. The molecule has 5 nitrogen and oxygen atoms in total. The summed E-state index contributed by atoms with van der Waals surface area (Å²) in [7, 11) is -3.09. The van der Waals surface area contributed by atoms with Gasteiger partial charge < -0.3 is 10.1 Å². The van der Waals surface area contributed by atoms with Crippen LogP contribution in [-0.4, -0.2) is 56.9 Å². The molecule has 1 unspecified atom stereocenters. The Hall–Kier alpha value is -0.170. The minimum Gasteiger partial charge on any atom is -0.375 e. The molecule has 0 aromatic heterocycles. The van der Waals surface area contributed by atoms with Gasteiger partial charge in [0, 0.05) is 19.1 Å². The molecular formula is C12H24N2O3S. The summed E-state index contributed by atoms with van der Waals surface area (Å²) in [5, 5.41) is 3.34. The first-order valence-corrected chi connectivity index (χ1v) is 8.55. The minimum absolute atomic E-state index is 0.0677. The molecular weight excluding hydrogens is 252 g/mol. The topological polar surface area (TPSA) is 58.6 Å². The van der Waals surface area contributed by atoms with Crippen LogP contribution in [0.3, 0.4) is 0 Å². The molecule has 0 spiro atoms. The van der Waals surface area contributed by atoms with Gasteiger partial charge in [-0.2, -0.15) is 4.31 Å². The Kier molecular flexibility index (Phi) is 5.00. The highest BCUT2D eigenvalue weighted by Crippen LogP contribution is 2.18. The van der Waals surface area contributed by atoms with Crippen molar-refractivity contribution < 1.29 is 13.2 Å². The van der Waals surface area contributed by atoms with Crippen LogP contribution in [0.4, 0.5) is 0 Å². The number of ether oxygens (including phenoxy) is 1. The molecule has 1 saturated heterocycles. The molecule has 6 heteroatoms. The molecule has 0 aromatic carbocycles. The van der Waals surface area contributed by atoms with E-state index in [1.807, 2.05) is 6.92 Å². The SMILES string of the molecule is CCC1CN(S(=O)(=O)CCCNC2CC2)CCO1. The van der Waals surface area contributed by atoms with E-state index in [0.29, 0.717) is 32.2 Å². The van der Waals surface area contributed by atoms with Gasteiger partial charge in [0.15, 0.2) is 0 Å². The van der Waals surface area contributed by atoms with E-state index in [-0.39, 0.29) is 11.9 Å². The van der Waals surface area contributed by atoms with Gasteiger partial charge in [-0.15, -0.1) is 0 Å². The Morgan fingerprint density at radius 1 is 1.39 bits per heavy atom. The smallest absolute Gasteiger partial charge is 0.214 e. The maximum atomic E-state index is 12.1. The number of nitrogens with one attached hydrogen (secondary N) is 1. The Balaban J connectivity index is 1.73. The Labute approximate surface area is 110 Å². The van der Waals surface area contributed by atoms with Crippen molar-refractivity contribution in [2.45, 2.75) is 44.8 Å². The standard InChI is InChI=1S/C12H24N2O3S/c1-2-12-10-14(7-8-17-12)18(15,16)9-3-6-13-11-4-5-11/h11-13H,2-10H2,1H3. The van der Waals surface area contributed by atoms with E-state index in [1.165, 1.54) is 12.8 Å². The second-order valence-electron chi connectivity index (χ2n) is 5.16. The normalized spacial score (nSPS) is 26.4. The van der Waals surface area contributed by atoms with Crippen LogP contribution >= 0.6 is 0 Å². The maximum Gasteiger partial charge on any atom is 0.214 e. The van der Waals surface area contributed by atoms with Crippen LogP contribution in [0.2, 0.25) is 0 Å². The molecule has 1 N–H and O–H groups in total. The van der Waals surface area contributed by atoms with Gasteiger partial charge in [0.05, 0.1) is 18.5 Å². The highest BCUT2D eigenvalue weighted by molar-refractivity contribution is 7.89. The molecule has 0 amide bonds. The lowest BCUT2D eigenvalue weighted by molar-refractivity contribution is -0.00277. The third-order valence-electron chi connectivity index (χ3n) is 3.54. The van der Waals surface area contributed by atoms with Gasteiger partial charge in [-0.3, -0.25) is 0 Å². The number of hydrogen-bond donors (Lipinski definition) is 1. The van der Waals surface area contributed by atoms with Gasteiger partial charge >= 0.3 is 0 Å². The zero-order valence-electron chi connectivity index (χ0n) is 11.1. The first-order valence-electron chi connectivity index (χ1n) is 6.94. The number of rotatable bonds is 7. The van der Waals surface area contributed by atoms with Crippen LogP contribution in [0.1, 0.15) is 32.6 Å². The summed E-state index contributed by atoms with van der Waals surface area (Å²) in [5.74, 6) is 0.253. The van der Waals surface area contributed by atoms with Crippen LogP contribution < -0.4 is 5.32 Å². The lowest BCUT2D eigenvalue weighted by atomic mass is 10.2. The average Bonchev–Trinajstić information content (AvgIpc) is 3.19. The second kappa shape index (κ2) is 6.32. The van der Waals surface area contributed by atoms with Gasteiger partial charge in [-0.05, 0) is 32.2 Å². The molecule has 2 fully saturated rings. The molecule has 106 valence electrons. The number of morpholine rings is 1. The van der Waals surface area contributed by atoms with E-state index in [1.54, 1.807) is 4.31 Å². The molecule has 0 bridgehead atoms. The number of hydrogen-bond acceptors (Lipinski definition) is 4. The highest BCUT2D eigenvalue weighted by atomic mass is 32.2. The van der Waals surface area contributed by atoms with Gasteiger partial charge in [0.1, 0.15) is 0 Å². The molecule has 0 radical (unpaired) electrons. The van der Waals surface area contributed by atoms with Crippen LogP contribution in [0.5, 0.6) is 0 Å². The largest absolute Gasteiger partial charge is 0.375 e. The maximum absolute atomic E-state index is 12.1. The molecule has 2 rings (SSSR count). The minimum atomic E-state index is -3.09. The summed E-state index contributed by atoms with van der Waals surface area (Å²) in [5.41, 5.74) is 0. The van der Waals surface area contributed by atoms with Crippen molar-refractivity contribution in [1.29, 1.82) is 0 Å². The van der Waals surface area contributed by atoms with Crippen molar-refractivity contribution in [3.05, 3.63) is 0 Å². The number of sulfonamides is 1. The quantitative estimate of drug-likeness (QED) is 0.691. The molecule has 0 aromatic rings. The third kappa shape index (κ3) is 4.19. The molecule has 1 atom stereocenters. The van der Waals surface area contributed by atoms with E-state index in [2.05, 4.69) is 5.32 Å². The fourth-order valence-electron chi connectivity index (χ4n) is 2.17. The van der Waals surface area contributed by atoms with Gasteiger partial charge in [-0.1, -0.05) is 6.92 Å². The first kappa shape index (κ1) is 14.2. The first-order chi connectivity index (χ1) is 8.62. The molecule has 18 heavy (non-hydrogen) atoms. The van der Waals surface area contributed by atoms with Crippen molar-refractivity contribution >= 4 is 10.0 Å². The zero-order valence-corrected chi connectivity index (χ0v) is 11.9. The van der Waals surface area contributed by atoms with E-state index in [0.717, 1.165) is 13.0 Å².